The van der Waals surface area contributed by atoms with Crippen molar-refractivity contribution in [1.82, 2.24) is 15.1 Å². The molecule has 3 atom stereocenters. The van der Waals surface area contributed by atoms with Crippen molar-refractivity contribution in [3.8, 4) is 5.75 Å². The SMILES string of the molecule is [B]C([B])(C=O)C([B])([B])C([B])(C(=O)NC)N(C)Cc1c(C=O)cccc1OCc1cccc(CN2CC(C)OC(C)C2)c1F. The molecule has 1 aliphatic rings. The van der Waals surface area contributed by atoms with E-state index in [0.717, 1.165) is 0 Å². The number of ether oxygens (including phenoxy) is 2. The molecular formula is C29H33B5FN3O5. The monoisotopic (exact) mass is 577 g/mol. The summed E-state index contributed by atoms with van der Waals surface area (Å²) in [6.07, 6.45) is 0.787. The number of nitrogens with one attached hydrogen (secondary N) is 1. The highest BCUT2D eigenvalue weighted by Crippen LogP contribution is 2.50. The van der Waals surface area contributed by atoms with Crippen LogP contribution in [0.3, 0.4) is 0 Å². The van der Waals surface area contributed by atoms with Crippen molar-refractivity contribution in [2.75, 3.05) is 27.2 Å². The average Bonchev–Trinajstić information content (AvgIpc) is 2.96. The minimum atomic E-state index is -2.49. The van der Waals surface area contributed by atoms with Crippen LogP contribution in [-0.2, 0) is 34.0 Å². The smallest absolute Gasteiger partial charge is 0.229 e. The number of carbonyl (C=O) groups is 3. The van der Waals surface area contributed by atoms with Gasteiger partial charge in [-0.15, -0.1) is 0 Å². The summed E-state index contributed by atoms with van der Waals surface area (Å²) in [5, 5.41) is -2.55. The molecule has 10 radical (unpaired) electrons. The van der Waals surface area contributed by atoms with Crippen LogP contribution in [0.1, 0.15) is 40.9 Å². The zero-order valence-electron chi connectivity index (χ0n) is 25.0. The number of halogens is 1. The average molecular weight is 577 g/mol. The van der Waals surface area contributed by atoms with Gasteiger partial charge in [0, 0.05) is 60.9 Å². The Morgan fingerprint density at radius 2 is 1.70 bits per heavy atom. The third-order valence-electron chi connectivity index (χ3n) is 7.84. The molecular weight excluding hydrogens is 543 g/mol. The van der Waals surface area contributed by atoms with Crippen LogP contribution in [0, 0.1) is 5.82 Å². The van der Waals surface area contributed by atoms with E-state index in [1.165, 1.54) is 25.1 Å². The molecule has 0 aromatic heterocycles. The maximum absolute atomic E-state index is 15.6. The number of likely N-dealkylation sites (N-methyl/N-ethyl adjacent to an activating group) is 2. The molecule has 1 fully saturated rings. The summed E-state index contributed by atoms with van der Waals surface area (Å²) < 4.78 is 27.4. The van der Waals surface area contributed by atoms with Crippen molar-refractivity contribution in [2.45, 2.75) is 61.6 Å². The number of benzene rings is 2. The lowest BCUT2D eigenvalue weighted by Gasteiger charge is -2.56. The summed E-state index contributed by atoms with van der Waals surface area (Å²) in [4.78, 5) is 40.1. The van der Waals surface area contributed by atoms with E-state index < -0.39 is 27.6 Å². The van der Waals surface area contributed by atoms with Gasteiger partial charge < -0.3 is 19.6 Å². The van der Waals surface area contributed by atoms with Crippen LogP contribution in [0.5, 0.6) is 5.75 Å². The highest BCUT2D eigenvalue weighted by molar-refractivity contribution is 6.63. The van der Waals surface area contributed by atoms with Gasteiger partial charge in [0.1, 0.15) is 32.3 Å². The fraction of sp³-hybridized carbons (Fsp3) is 0.483. The summed E-state index contributed by atoms with van der Waals surface area (Å²) in [5.41, 5.74) is -1.02. The van der Waals surface area contributed by atoms with Crippen LogP contribution >= 0.6 is 0 Å². The first-order chi connectivity index (χ1) is 20.1. The van der Waals surface area contributed by atoms with Gasteiger partial charge in [-0.1, -0.05) is 40.8 Å². The van der Waals surface area contributed by atoms with Crippen LogP contribution in [0.15, 0.2) is 36.4 Å². The molecule has 1 aliphatic heterocycles. The summed E-state index contributed by atoms with van der Waals surface area (Å²) in [6, 6.07) is 9.83. The highest BCUT2D eigenvalue weighted by atomic mass is 19.1. The Bertz CT molecular complexity index is 1320. The van der Waals surface area contributed by atoms with Gasteiger partial charge in [-0.3, -0.25) is 19.4 Å². The standard InChI is InChI=1S/C29H33B5FN3O5/c1-18-11-38(12-19(2)43-18)13-20-7-5-9-22(25(20)35)16-42-24-10-6-8-21(15-39)23(24)14-37(4)28(32,26(41)36-3)29(33,34)27(30,31)17-40/h5-10,15,17-19H,11-14,16H2,1-4H3,(H,36,41). The van der Waals surface area contributed by atoms with Crippen molar-refractivity contribution in [2.24, 2.45) is 0 Å². The predicted octanol–water partition coefficient (Wildman–Crippen LogP) is 0.974. The Balaban J connectivity index is 1.90. The lowest BCUT2D eigenvalue weighted by molar-refractivity contribution is -0.129. The van der Waals surface area contributed by atoms with Gasteiger partial charge in [0.15, 0.2) is 6.29 Å². The van der Waals surface area contributed by atoms with Crippen molar-refractivity contribution < 1.29 is 28.2 Å². The number of hydrogen-bond acceptors (Lipinski definition) is 7. The second kappa shape index (κ2) is 13.9. The van der Waals surface area contributed by atoms with Gasteiger partial charge in [-0.05, 0) is 27.0 Å². The molecule has 1 amide bonds. The Morgan fingerprint density at radius 1 is 1.09 bits per heavy atom. The first kappa shape index (κ1) is 34.7. The van der Waals surface area contributed by atoms with Crippen LogP contribution in [0.4, 0.5) is 4.39 Å². The molecule has 3 rings (SSSR count). The number of hydrogen-bond donors (Lipinski definition) is 1. The van der Waals surface area contributed by atoms with Crippen LogP contribution in [-0.4, -0.2) is 112 Å². The lowest BCUT2D eigenvalue weighted by atomic mass is 9.23. The largest absolute Gasteiger partial charge is 0.488 e. The minimum Gasteiger partial charge on any atom is -0.488 e. The maximum atomic E-state index is 15.6. The van der Waals surface area contributed by atoms with Gasteiger partial charge in [-0.25, -0.2) is 4.39 Å². The molecule has 1 heterocycles. The topological polar surface area (TPSA) is 88.2 Å². The minimum absolute atomic E-state index is 0.0453. The van der Waals surface area contributed by atoms with Gasteiger partial charge in [-0.2, -0.15) is 0 Å². The normalized spacial score (nSPS) is 19.4. The first-order valence-corrected chi connectivity index (χ1v) is 13.8. The molecule has 0 saturated carbocycles. The molecule has 1 saturated heterocycles. The Kier molecular flexibility index (Phi) is 11.2. The third-order valence-corrected chi connectivity index (χ3v) is 7.84. The Morgan fingerprint density at radius 3 is 2.28 bits per heavy atom. The van der Waals surface area contributed by atoms with Crippen LogP contribution in [0.25, 0.3) is 0 Å². The maximum Gasteiger partial charge on any atom is 0.229 e. The summed E-state index contributed by atoms with van der Waals surface area (Å²) in [7, 11) is 33.2. The van der Waals surface area contributed by atoms with E-state index in [2.05, 4.69) is 10.2 Å². The van der Waals surface area contributed by atoms with Gasteiger partial charge in [0.2, 0.25) is 5.91 Å². The fourth-order valence-electron chi connectivity index (χ4n) is 5.33. The Labute approximate surface area is 259 Å². The lowest BCUT2D eigenvalue weighted by Crippen LogP contribution is -2.67. The second-order valence-corrected chi connectivity index (χ2v) is 11.2. The van der Waals surface area contributed by atoms with Crippen molar-refractivity contribution in [1.29, 1.82) is 0 Å². The molecule has 2 aromatic carbocycles. The number of morpholine rings is 1. The fourth-order valence-corrected chi connectivity index (χ4v) is 5.33. The number of amides is 1. The number of aldehydes is 2. The summed E-state index contributed by atoms with van der Waals surface area (Å²) in [5.74, 6) is -1.07. The van der Waals surface area contributed by atoms with E-state index in [0.29, 0.717) is 42.6 Å². The predicted molar refractivity (Wildman–Crippen MR) is 166 cm³/mol. The molecule has 2 aromatic rings. The molecule has 8 nitrogen and oxygen atoms in total. The van der Waals surface area contributed by atoms with Gasteiger partial charge in [0.05, 0.1) is 43.6 Å². The summed E-state index contributed by atoms with van der Waals surface area (Å²) >= 11 is 0. The molecule has 43 heavy (non-hydrogen) atoms. The van der Waals surface area contributed by atoms with E-state index in [9.17, 15) is 14.4 Å². The molecule has 0 spiro atoms. The van der Waals surface area contributed by atoms with Crippen molar-refractivity contribution in [3.05, 3.63) is 64.5 Å². The van der Waals surface area contributed by atoms with E-state index >= 15 is 4.39 Å². The van der Waals surface area contributed by atoms with Crippen LogP contribution in [0.2, 0.25) is 10.4 Å². The first-order valence-electron chi connectivity index (χ1n) is 13.8. The van der Waals surface area contributed by atoms with E-state index in [1.54, 1.807) is 30.3 Å². The van der Waals surface area contributed by atoms with Crippen LogP contribution < -0.4 is 10.1 Å². The number of carbonyl (C=O) groups excluding carboxylic acids is 3. The number of rotatable bonds is 13. The molecule has 0 bridgehead atoms. The van der Waals surface area contributed by atoms with E-state index in [1.807, 2.05) is 13.8 Å². The highest BCUT2D eigenvalue weighted by Gasteiger charge is 2.54. The molecule has 14 heteroatoms. The zero-order valence-corrected chi connectivity index (χ0v) is 25.0. The van der Waals surface area contributed by atoms with E-state index in [4.69, 9.17) is 48.7 Å². The quantitative estimate of drug-likeness (QED) is 0.281. The van der Waals surface area contributed by atoms with E-state index in [-0.39, 0.29) is 43.0 Å². The Hall–Kier alpha value is -2.82. The third kappa shape index (κ3) is 7.13. The molecule has 3 unspecified atom stereocenters. The van der Waals surface area contributed by atoms with Crippen molar-refractivity contribution in [3.63, 3.8) is 0 Å². The number of nitrogens with zero attached hydrogens (tertiary/aromatic N) is 2. The molecule has 216 valence electrons. The summed E-state index contributed by atoms with van der Waals surface area (Å²) in [6.45, 7) is 5.38. The second-order valence-electron chi connectivity index (χ2n) is 11.2. The molecule has 1 N–H and O–H groups in total. The van der Waals surface area contributed by atoms with Gasteiger partial charge >= 0.3 is 0 Å². The van der Waals surface area contributed by atoms with Gasteiger partial charge in [0.25, 0.3) is 0 Å². The molecule has 0 aliphatic carbocycles. The van der Waals surface area contributed by atoms with Crippen molar-refractivity contribution >= 4 is 57.7 Å². The zero-order chi connectivity index (χ0) is 32.2.